The second-order valence-electron chi connectivity index (χ2n) is 6.69. The molecule has 1 rings (SSSR count). The van der Waals surface area contributed by atoms with E-state index in [-0.39, 0.29) is 29.9 Å². The van der Waals surface area contributed by atoms with E-state index < -0.39 is 5.41 Å². The fourth-order valence-electron chi connectivity index (χ4n) is 2.07. The van der Waals surface area contributed by atoms with Gasteiger partial charge in [0, 0.05) is 30.3 Å². The van der Waals surface area contributed by atoms with E-state index in [1.165, 1.54) is 0 Å². The molecule has 27 heavy (non-hydrogen) atoms. The number of halogens is 1. The predicted molar refractivity (Wildman–Crippen MR) is 122 cm³/mol. The maximum atomic E-state index is 11.9. The molecule has 0 saturated heterocycles. The fourth-order valence-corrected chi connectivity index (χ4v) is 2.07. The Kier molecular flexibility index (Phi) is 11.8. The minimum Gasteiger partial charge on any atom is -0.493 e. The molecule has 1 amide bonds. The number of carbonyl (C=O) groups is 1. The second kappa shape index (κ2) is 12.6. The van der Waals surface area contributed by atoms with Gasteiger partial charge in [-0.1, -0.05) is 20.8 Å². The van der Waals surface area contributed by atoms with Gasteiger partial charge in [0.05, 0.1) is 20.3 Å². The molecule has 0 heterocycles. The third-order valence-electron chi connectivity index (χ3n) is 3.42. The molecule has 0 fully saturated rings. The summed E-state index contributed by atoms with van der Waals surface area (Å²) in [5, 5.41) is 9.31. The van der Waals surface area contributed by atoms with Crippen molar-refractivity contribution in [2.45, 2.75) is 34.6 Å². The smallest absolute Gasteiger partial charge is 0.225 e. The van der Waals surface area contributed by atoms with E-state index >= 15 is 0 Å². The summed E-state index contributed by atoms with van der Waals surface area (Å²) in [6.07, 6.45) is 0. The summed E-state index contributed by atoms with van der Waals surface area (Å²) in [5.41, 5.74) is 0.443. The van der Waals surface area contributed by atoms with Crippen molar-refractivity contribution in [1.82, 2.24) is 10.6 Å². The van der Waals surface area contributed by atoms with E-state index in [9.17, 15) is 4.79 Å². The van der Waals surface area contributed by atoms with Crippen LogP contribution in [0, 0.1) is 5.41 Å². The van der Waals surface area contributed by atoms with Crippen LogP contribution in [0.15, 0.2) is 23.2 Å². The zero-order valence-corrected chi connectivity index (χ0v) is 19.5. The zero-order valence-electron chi connectivity index (χ0n) is 17.1. The highest BCUT2D eigenvalue weighted by Crippen LogP contribution is 2.30. The topological polar surface area (TPSA) is 84.0 Å². The number of hydrogen-bond acceptors (Lipinski definition) is 4. The Morgan fingerprint density at radius 3 is 2.41 bits per heavy atom. The van der Waals surface area contributed by atoms with Crippen molar-refractivity contribution in [3.05, 3.63) is 18.2 Å². The summed E-state index contributed by atoms with van der Waals surface area (Å²) in [7, 11) is 1.61. The number of nitrogens with zero attached hydrogens (tertiary/aromatic N) is 1. The normalized spacial score (nSPS) is 11.3. The number of guanidine groups is 1. The average molecular weight is 492 g/mol. The Balaban J connectivity index is 0.00000676. The standard InChI is InChI=1S/C19H32N4O3.HI/c1-7-20-18(22-12-11-21-17(24)19(3,4)5)23-14-9-10-15(25-6)16(13-14)26-8-2;/h9-10,13H,7-8,11-12H2,1-6H3,(H,21,24)(H2,20,22,23);1H. The van der Waals surface area contributed by atoms with Crippen molar-refractivity contribution in [2.24, 2.45) is 10.4 Å². The number of ether oxygens (including phenoxy) is 2. The minimum atomic E-state index is -0.398. The van der Waals surface area contributed by atoms with Crippen LogP contribution in [-0.2, 0) is 4.79 Å². The van der Waals surface area contributed by atoms with Crippen LogP contribution in [0.25, 0.3) is 0 Å². The van der Waals surface area contributed by atoms with Crippen LogP contribution >= 0.6 is 24.0 Å². The van der Waals surface area contributed by atoms with Gasteiger partial charge in [-0.3, -0.25) is 9.79 Å². The molecule has 1 aromatic rings. The van der Waals surface area contributed by atoms with E-state index in [0.717, 1.165) is 12.2 Å². The fraction of sp³-hybridized carbons (Fsp3) is 0.579. The molecule has 8 heteroatoms. The first-order valence-corrected chi connectivity index (χ1v) is 8.96. The van der Waals surface area contributed by atoms with Gasteiger partial charge in [0.25, 0.3) is 0 Å². The highest BCUT2D eigenvalue weighted by Gasteiger charge is 2.20. The third-order valence-corrected chi connectivity index (χ3v) is 3.42. The maximum Gasteiger partial charge on any atom is 0.225 e. The number of rotatable bonds is 8. The van der Waals surface area contributed by atoms with Crippen LogP contribution in [0.1, 0.15) is 34.6 Å². The highest BCUT2D eigenvalue weighted by molar-refractivity contribution is 14.0. The van der Waals surface area contributed by atoms with Crippen LogP contribution in [0.4, 0.5) is 5.69 Å². The zero-order chi connectivity index (χ0) is 19.6. The van der Waals surface area contributed by atoms with Crippen molar-refractivity contribution in [3.63, 3.8) is 0 Å². The Morgan fingerprint density at radius 1 is 1.15 bits per heavy atom. The lowest BCUT2D eigenvalue weighted by Crippen LogP contribution is -2.37. The van der Waals surface area contributed by atoms with E-state index in [0.29, 0.717) is 37.2 Å². The molecule has 0 aliphatic carbocycles. The van der Waals surface area contributed by atoms with Gasteiger partial charge in [0.15, 0.2) is 17.5 Å². The SMILES string of the molecule is CCNC(=NCCNC(=O)C(C)(C)C)Nc1ccc(OC)c(OCC)c1.I. The van der Waals surface area contributed by atoms with Gasteiger partial charge in [0.1, 0.15) is 0 Å². The number of carbonyl (C=O) groups excluding carboxylic acids is 1. The predicted octanol–water partition coefficient (Wildman–Crippen LogP) is 3.25. The lowest BCUT2D eigenvalue weighted by molar-refractivity contribution is -0.128. The average Bonchev–Trinajstić information content (AvgIpc) is 2.58. The number of aliphatic imine (C=N–C) groups is 1. The first-order valence-electron chi connectivity index (χ1n) is 8.96. The van der Waals surface area contributed by atoms with E-state index in [1.54, 1.807) is 7.11 Å². The molecule has 154 valence electrons. The van der Waals surface area contributed by atoms with Crippen molar-refractivity contribution < 1.29 is 14.3 Å². The molecule has 1 aromatic carbocycles. The quantitative estimate of drug-likeness (QED) is 0.225. The summed E-state index contributed by atoms with van der Waals surface area (Å²) in [5.74, 6) is 2.02. The minimum absolute atomic E-state index is 0. The Labute approximate surface area is 179 Å². The third kappa shape index (κ3) is 9.16. The number of benzene rings is 1. The van der Waals surface area contributed by atoms with Crippen LogP contribution in [0.3, 0.4) is 0 Å². The molecule has 0 atom stereocenters. The van der Waals surface area contributed by atoms with E-state index in [1.807, 2.05) is 52.8 Å². The largest absolute Gasteiger partial charge is 0.493 e. The van der Waals surface area contributed by atoms with Crippen molar-refractivity contribution in [1.29, 1.82) is 0 Å². The number of amides is 1. The molecule has 0 radical (unpaired) electrons. The van der Waals surface area contributed by atoms with Gasteiger partial charge in [-0.25, -0.2) is 0 Å². The molecule has 7 nitrogen and oxygen atoms in total. The lowest BCUT2D eigenvalue weighted by atomic mass is 9.96. The van der Waals surface area contributed by atoms with Crippen LogP contribution in [-0.4, -0.2) is 45.2 Å². The number of hydrogen-bond donors (Lipinski definition) is 3. The molecule has 0 aromatic heterocycles. The van der Waals surface area contributed by atoms with Crippen LogP contribution in [0.2, 0.25) is 0 Å². The molecule has 0 aliphatic heterocycles. The molecule has 0 unspecified atom stereocenters. The van der Waals surface area contributed by atoms with Crippen molar-refractivity contribution in [3.8, 4) is 11.5 Å². The monoisotopic (exact) mass is 492 g/mol. The van der Waals surface area contributed by atoms with Gasteiger partial charge in [-0.2, -0.15) is 0 Å². The Hall–Kier alpha value is -1.71. The van der Waals surface area contributed by atoms with Gasteiger partial charge in [-0.15, -0.1) is 24.0 Å². The number of nitrogens with one attached hydrogen (secondary N) is 3. The second-order valence-corrected chi connectivity index (χ2v) is 6.69. The summed E-state index contributed by atoms with van der Waals surface area (Å²) in [6.45, 7) is 11.8. The summed E-state index contributed by atoms with van der Waals surface area (Å²) in [4.78, 5) is 16.4. The van der Waals surface area contributed by atoms with Gasteiger partial charge in [0.2, 0.25) is 5.91 Å². The van der Waals surface area contributed by atoms with Gasteiger partial charge < -0.3 is 25.4 Å². The highest BCUT2D eigenvalue weighted by atomic mass is 127. The van der Waals surface area contributed by atoms with Crippen molar-refractivity contribution in [2.75, 3.05) is 38.7 Å². The number of methoxy groups -OCH3 is 1. The summed E-state index contributed by atoms with van der Waals surface area (Å²) >= 11 is 0. The summed E-state index contributed by atoms with van der Waals surface area (Å²) in [6, 6.07) is 5.62. The molecule has 0 bridgehead atoms. The van der Waals surface area contributed by atoms with E-state index in [2.05, 4.69) is 20.9 Å². The summed E-state index contributed by atoms with van der Waals surface area (Å²) < 4.78 is 10.9. The molecule has 0 spiro atoms. The van der Waals surface area contributed by atoms with Crippen molar-refractivity contribution >= 4 is 41.5 Å². The Bertz CT molecular complexity index is 615. The molecule has 0 aliphatic rings. The molecular weight excluding hydrogens is 459 g/mol. The maximum absolute atomic E-state index is 11.9. The van der Waals surface area contributed by atoms with Crippen LogP contribution < -0.4 is 25.4 Å². The van der Waals surface area contributed by atoms with Gasteiger partial charge in [-0.05, 0) is 26.0 Å². The molecule has 3 N–H and O–H groups in total. The molecule has 0 saturated carbocycles. The van der Waals surface area contributed by atoms with Crippen LogP contribution in [0.5, 0.6) is 11.5 Å². The molecular formula is C19H33IN4O3. The Morgan fingerprint density at radius 2 is 1.85 bits per heavy atom. The number of anilines is 1. The first-order chi connectivity index (χ1) is 12.3. The van der Waals surface area contributed by atoms with E-state index in [4.69, 9.17) is 9.47 Å². The van der Waals surface area contributed by atoms with Gasteiger partial charge >= 0.3 is 0 Å². The first kappa shape index (κ1) is 25.3. The lowest BCUT2D eigenvalue weighted by Gasteiger charge is -2.17.